The van der Waals surface area contributed by atoms with Gasteiger partial charge in [0.25, 0.3) is 5.89 Å². The van der Waals surface area contributed by atoms with E-state index in [0.717, 1.165) is 5.56 Å². The second-order valence-electron chi connectivity index (χ2n) is 6.08. The largest absolute Gasteiger partial charge is 0.334 e. The van der Waals surface area contributed by atoms with Crippen LogP contribution in [0.15, 0.2) is 46.3 Å². The van der Waals surface area contributed by atoms with E-state index in [1.807, 2.05) is 13.0 Å². The van der Waals surface area contributed by atoms with Gasteiger partial charge >= 0.3 is 0 Å². The van der Waals surface area contributed by atoms with Gasteiger partial charge in [-0.2, -0.15) is 14.4 Å². The highest BCUT2D eigenvalue weighted by atomic mass is 32.2. The SMILES string of the molecule is CCn1cc(S(=O)(=O)N2CCC(c3noc(-c4cccnc4)n3)C2)cn1. The van der Waals surface area contributed by atoms with Crippen molar-refractivity contribution >= 4 is 10.0 Å². The molecule has 136 valence electrons. The van der Waals surface area contributed by atoms with Crippen molar-refractivity contribution in [2.75, 3.05) is 13.1 Å². The lowest BCUT2D eigenvalue weighted by atomic mass is 10.1. The fourth-order valence-corrected chi connectivity index (χ4v) is 4.42. The zero-order valence-corrected chi connectivity index (χ0v) is 15.0. The maximum Gasteiger partial charge on any atom is 0.259 e. The van der Waals surface area contributed by atoms with Crippen LogP contribution in [0.25, 0.3) is 11.5 Å². The van der Waals surface area contributed by atoms with Gasteiger partial charge in [-0.1, -0.05) is 5.16 Å². The average molecular weight is 374 g/mol. The summed E-state index contributed by atoms with van der Waals surface area (Å²) in [7, 11) is -3.56. The molecule has 0 radical (unpaired) electrons. The molecule has 0 aliphatic carbocycles. The summed E-state index contributed by atoms with van der Waals surface area (Å²) in [5, 5.41) is 8.08. The molecule has 10 heteroatoms. The van der Waals surface area contributed by atoms with Gasteiger partial charge in [0.2, 0.25) is 10.0 Å². The Morgan fingerprint density at radius 3 is 2.96 bits per heavy atom. The standard InChI is InChI=1S/C16H18N6O3S/c1-2-21-11-14(9-18-21)26(23,24)22-7-5-13(10-22)15-19-16(25-20-15)12-4-3-6-17-8-12/h3-4,6,8-9,11,13H,2,5,7,10H2,1H3. The van der Waals surface area contributed by atoms with Gasteiger partial charge in [0.1, 0.15) is 4.90 Å². The number of hydrogen-bond donors (Lipinski definition) is 0. The number of nitrogens with zero attached hydrogens (tertiary/aromatic N) is 6. The molecule has 0 aromatic carbocycles. The van der Waals surface area contributed by atoms with Crippen molar-refractivity contribution < 1.29 is 12.9 Å². The molecule has 4 rings (SSSR count). The molecule has 0 saturated carbocycles. The summed E-state index contributed by atoms with van der Waals surface area (Å²) >= 11 is 0. The van der Waals surface area contributed by atoms with E-state index in [1.165, 1.54) is 10.5 Å². The van der Waals surface area contributed by atoms with Crippen molar-refractivity contribution in [3.63, 3.8) is 0 Å². The molecule has 4 heterocycles. The van der Waals surface area contributed by atoms with Crippen LogP contribution >= 0.6 is 0 Å². The molecule has 1 unspecified atom stereocenters. The molecule has 9 nitrogen and oxygen atoms in total. The third kappa shape index (κ3) is 3.01. The number of aryl methyl sites for hydroxylation is 1. The molecule has 0 amide bonds. The Morgan fingerprint density at radius 1 is 1.35 bits per heavy atom. The van der Waals surface area contributed by atoms with Crippen molar-refractivity contribution in [1.29, 1.82) is 0 Å². The highest BCUT2D eigenvalue weighted by Gasteiger charge is 2.36. The zero-order valence-electron chi connectivity index (χ0n) is 14.2. The molecule has 3 aromatic heterocycles. The predicted molar refractivity (Wildman–Crippen MR) is 91.5 cm³/mol. The quantitative estimate of drug-likeness (QED) is 0.666. The molecule has 1 aliphatic rings. The van der Waals surface area contributed by atoms with Gasteiger partial charge in [-0.25, -0.2) is 8.42 Å². The number of aromatic nitrogens is 5. The lowest BCUT2D eigenvalue weighted by Gasteiger charge is -2.14. The normalized spacial score (nSPS) is 18.4. The van der Waals surface area contributed by atoms with Gasteiger partial charge in [-0.15, -0.1) is 0 Å². The van der Waals surface area contributed by atoms with Crippen molar-refractivity contribution in [1.82, 2.24) is 29.2 Å². The third-order valence-electron chi connectivity index (χ3n) is 4.44. The highest BCUT2D eigenvalue weighted by molar-refractivity contribution is 7.89. The number of rotatable bonds is 5. The maximum atomic E-state index is 12.8. The van der Waals surface area contributed by atoms with Crippen molar-refractivity contribution in [2.45, 2.75) is 30.7 Å². The summed E-state index contributed by atoms with van der Waals surface area (Å²) in [6, 6.07) is 3.63. The molecule has 0 bridgehead atoms. The van der Waals surface area contributed by atoms with Crippen LogP contribution in [0.1, 0.15) is 25.1 Å². The van der Waals surface area contributed by atoms with E-state index in [2.05, 4.69) is 20.2 Å². The van der Waals surface area contributed by atoms with E-state index >= 15 is 0 Å². The smallest absolute Gasteiger partial charge is 0.259 e. The molecular formula is C16H18N6O3S. The molecule has 0 N–H and O–H groups in total. The highest BCUT2D eigenvalue weighted by Crippen LogP contribution is 2.30. The summed E-state index contributed by atoms with van der Waals surface area (Å²) in [5.41, 5.74) is 0.737. The van der Waals surface area contributed by atoms with Crippen LogP contribution < -0.4 is 0 Å². The first-order valence-corrected chi connectivity index (χ1v) is 9.78. The first-order chi connectivity index (χ1) is 12.6. The molecule has 1 fully saturated rings. The minimum atomic E-state index is -3.56. The number of pyridine rings is 1. The van der Waals surface area contributed by atoms with Crippen molar-refractivity contribution in [3.05, 3.63) is 42.7 Å². The van der Waals surface area contributed by atoms with E-state index in [1.54, 1.807) is 29.3 Å². The van der Waals surface area contributed by atoms with E-state index in [0.29, 0.717) is 37.8 Å². The average Bonchev–Trinajstić information content (AvgIpc) is 3.42. The summed E-state index contributed by atoms with van der Waals surface area (Å²) < 4.78 is 33.9. The van der Waals surface area contributed by atoms with Crippen LogP contribution in [0.4, 0.5) is 0 Å². The Hall–Kier alpha value is -2.59. The van der Waals surface area contributed by atoms with E-state index in [-0.39, 0.29) is 10.8 Å². The van der Waals surface area contributed by atoms with Crippen LogP contribution in [-0.2, 0) is 16.6 Å². The minimum Gasteiger partial charge on any atom is -0.334 e. The van der Waals surface area contributed by atoms with Gasteiger partial charge in [-0.3, -0.25) is 9.67 Å². The summed E-state index contributed by atoms with van der Waals surface area (Å²) in [6.45, 7) is 3.27. The Kier molecular flexibility index (Phi) is 4.29. The van der Waals surface area contributed by atoms with E-state index in [9.17, 15) is 8.42 Å². The predicted octanol–water partition coefficient (Wildman–Crippen LogP) is 1.53. The topological polar surface area (TPSA) is 107 Å². The molecule has 0 spiro atoms. The Bertz CT molecular complexity index is 998. The molecule has 1 saturated heterocycles. The minimum absolute atomic E-state index is 0.0971. The monoisotopic (exact) mass is 374 g/mol. The van der Waals surface area contributed by atoms with Crippen molar-refractivity contribution in [2.24, 2.45) is 0 Å². The van der Waals surface area contributed by atoms with Crippen LogP contribution in [-0.4, -0.2) is 50.7 Å². The van der Waals surface area contributed by atoms with Crippen molar-refractivity contribution in [3.8, 4) is 11.5 Å². The lowest BCUT2D eigenvalue weighted by molar-refractivity contribution is 0.414. The number of hydrogen-bond acceptors (Lipinski definition) is 7. The van der Waals surface area contributed by atoms with Gasteiger partial charge in [0.05, 0.1) is 11.8 Å². The summed E-state index contributed by atoms with van der Waals surface area (Å²) in [5.74, 6) is 0.810. The molecular weight excluding hydrogens is 356 g/mol. The lowest BCUT2D eigenvalue weighted by Crippen LogP contribution is -2.28. The maximum absolute atomic E-state index is 12.8. The fourth-order valence-electron chi connectivity index (χ4n) is 2.96. The summed E-state index contributed by atoms with van der Waals surface area (Å²) in [6.07, 6.45) is 6.90. The first kappa shape index (κ1) is 16.9. The van der Waals surface area contributed by atoms with Crippen LogP contribution in [0.3, 0.4) is 0 Å². The van der Waals surface area contributed by atoms with Gasteiger partial charge in [0.15, 0.2) is 5.82 Å². The molecule has 26 heavy (non-hydrogen) atoms. The van der Waals surface area contributed by atoms with Crippen LogP contribution in [0.2, 0.25) is 0 Å². The van der Waals surface area contributed by atoms with Crippen LogP contribution in [0.5, 0.6) is 0 Å². The van der Waals surface area contributed by atoms with Crippen LogP contribution in [0, 0.1) is 0 Å². The van der Waals surface area contributed by atoms with Gasteiger partial charge in [0, 0.05) is 44.1 Å². The third-order valence-corrected chi connectivity index (χ3v) is 6.26. The zero-order chi connectivity index (χ0) is 18.1. The molecule has 1 aliphatic heterocycles. The van der Waals surface area contributed by atoms with Gasteiger partial charge in [-0.05, 0) is 25.5 Å². The fraction of sp³-hybridized carbons (Fsp3) is 0.375. The first-order valence-electron chi connectivity index (χ1n) is 8.34. The second-order valence-corrected chi connectivity index (χ2v) is 8.02. The molecule has 1 atom stereocenters. The second kappa shape index (κ2) is 6.61. The van der Waals surface area contributed by atoms with E-state index < -0.39 is 10.0 Å². The molecule has 3 aromatic rings. The Labute approximate surface area is 150 Å². The summed E-state index contributed by atoms with van der Waals surface area (Å²) in [4.78, 5) is 8.66. The Balaban J connectivity index is 1.51. The number of sulfonamides is 1. The van der Waals surface area contributed by atoms with Gasteiger partial charge < -0.3 is 4.52 Å². The Morgan fingerprint density at radius 2 is 2.23 bits per heavy atom. The van der Waals surface area contributed by atoms with E-state index in [4.69, 9.17) is 4.52 Å².